The molecule has 1 heterocycles. The summed E-state index contributed by atoms with van der Waals surface area (Å²) in [6.07, 6.45) is 1.73. The smallest absolute Gasteiger partial charge is 0.242 e. The molecule has 2 rings (SSSR count). The number of piperidine rings is 1. The van der Waals surface area contributed by atoms with Crippen LogP contribution >= 0.6 is 35.6 Å². The van der Waals surface area contributed by atoms with Crippen molar-refractivity contribution < 1.29 is 13.2 Å². The van der Waals surface area contributed by atoms with Gasteiger partial charge in [0.05, 0.1) is 17.2 Å². The van der Waals surface area contributed by atoms with Gasteiger partial charge in [0.25, 0.3) is 0 Å². The number of benzene rings is 1. The second-order valence-electron chi connectivity index (χ2n) is 4.58. The Labute approximate surface area is 140 Å². The molecule has 2 N–H and O–H groups in total. The molecule has 1 aliphatic rings. The molecule has 1 unspecified atom stereocenters. The van der Waals surface area contributed by atoms with E-state index in [1.165, 1.54) is 19.2 Å². The lowest BCUT2D eigenvalue weighted by atomic mass is 10.1. The number of hydrogen-bond donors (Lipinski definition) is 2. The van der Waals surface area contributed by atoms with Gasteiger partial charge < -0.3 is 10.1 Å². The quantitative estimate of drug-likeness (QED) is 0.848. The van der Waals surface area contributed by atoms with Gasteiger partial charge in [-0.3, -0.25) is 0 Å². The van der Waals surface area contributed by atoms with Crippen LogP contribution in [-0.2, 0) is 10.0 Å². The summed E-state index contributed by atoms with van der Waals surface area (Å²) in [6, 6.07) is 2.57. The summed E-state index contributed by atoms with van der Waals surface area (Å²) in [4.78, 5) is -0.0319. The largest absolute Gasteiger partial charge is 0.495 e. The summed E-state index contributed by atoms with van der Waals surface area (Å²) >= 11 is 12.0. The van der Waals surface area contributed by atoms with Crippen LogP contribution in [0.25, 0.3) is 0 Å². The number of nitrogens with one attached hydrogen (secondary N) is 2. The SMILES string of the molecule is COc1cc(Cl)c(S(=O)(=O)NC2CCCNC2)cc1Cl.Cl. The lowest BCUT2D eigenvalue weighted by Gasteiger charge is -2.24. The molecule has 1 fully saturated rings. The lowest BCUT2D eigenvalue weighted by molar-refractivity contribution is 0.414. The predicted octanol–water partition coefficient (Wildman–Crippen LogP) is 2.45. The molecule has 120 valence electrons. The zero-order chi connectivity index (χ0) is 14.8. The summed E-state index contributed by atoms with van der Waals surface area (Å²) in [6.45, 7) is 1.52. The maximum absolute atomic E-state index is 12.4. The van der Waals surface area contributed by atoms with Gasteiger partial charge in [0.2, 0.25) is 10.0 Å². The Bertz CT molecular complexity index is 590. The summed E-state index contributed by atoms with van der Waals surface area (Å²) in [5.41, 5.74) is 0. The fourth-order valence-electron chi connectivity index (χ4n) is 2.11. The van der Waals surface area contributed by atoms with Crippen molar-refractivity contribution in [3.63, 3.8) is 0 Å². The summed E-state index contributed by atoms with van der Waals surface area (Å²) in [7, 11) is -2.26. The highest BCUT2D eigenvalue weighted by Crippen LogP contribution is 2.33. The predicted molar refractivity (Wildman–Crippen MR) is 86.5 cm³/mol. The Hall–Kier alpha value is -0.240. The van der Waals surface area contributed by atoms with Gasteiger partial charge in [-0.25, -0.2) is 13.1 Å². The van der Waals surface area contributed by atoms with Gasteiger partial charge in [-0.2, -0.15) is 0 Å². The van der Waals surface area contributed by atoms with Crippen LogP contribution in [0.4, 0.5) is 0 Å². The highest BCUT2D eigenvalue weighted by molar-refractivity contribution is 7.89. The normalized spacial score (nSPS) is 18.9. The number of rotatable bonds is 4. The molecule has 1 aromatic carbocycles. The maximum atomic E-state index is 12.4. The molecule has 1 aliphatic heterocycles. The fourth-order valence-corrected chi connectivity index (χ4v) is 4.23. The number of halogens is 3. The van der Waals surface area contributed by atoms with E-state index in [4.69, 9.17) is 27.9 Å². The molecular weight excluding hydrogens is 359 g/mol. The highest BCUT2D eigenvalue weighted by atomic mass is 35.5. The minimum absolute atomic E-state index is 0. The molecule has 0 aliphatic carbocycles. The van der Waals surface area contributed by atoms with E-state index in [2.05, 4.69) is 10.0 Å². The van der Waals surface area contributed by atoms with Gasteiger partial charge in [-0.15, -0.1) is 12.4 Å². The van der Waals surface area contributed by atoms with Crippen molar-refractivity contribution in [2.45, 2.75) is 23.8 Å². The number of ether oxygens (including phenoxy) is 1. The second-order valence-corrected chi connectivity index (χ2v) is 7.08. The van der Waals surface area contributed by atoms with E-state index in [1.54, 1.807) is 0 Å². The van der Waals surface area contributed by atoms with Gasteiger partial charge in [-0.05, 0) is 25.5 Å². The fraction of sp³-hybridized carbons (Fsp3) is 0.500. The number of sulfonamides is 1. The van der Waals surface area contributed by atoms with Crippen LogP contribution in [0.5, 0.6) is 5.75 Å². The summed E-state index contributed by atoms with van der Waals surface area (Å²) in [5.74, 6) is 0.343. The molecule has 0 saturated carbocycles. The minimum Gasteiger partial charge on any atom is -0.495 e. The molecule has 0 spiro atoms. The van der Waals surface area contributed by atoms with E-state index >= 15 is 0 Å². The molecule has 1 aromatic rings. The average molecular weight is 376 g/mol. The van der Waals surface area contributed by atoms with Crippen LogP contribution in [0, 0.1) is 0 Å². The number of hydrogen-bond acceptors (Lipinski definition) is 4. The van der Waals surface area contributed by atoms with Gasteiger partial charge >= 0.3 is 0 Å². The molecular formula is C12H17Cl3N2O3S. The van der Waals surface area contributed by atoms with Gasteiger partial charge in [-0.1, -0.05) is 23.2 Å². The van der Waals surface area contributed by atoms with Crippen molar-refractivity contribution >= 4 is 45.6 Å². The molecule has 9 heteroatoms. The van der Waals surface area contributed by atoms with E-state index in [0.717, 1.165) is 19.4 Å². The Kier molecular flexibility index (Phi) is 7.03. The molecule has 0 radical (unpaired) electrons. The molecule has 1 atom stereocenters. The topological polar surface area (TPSA) is 67.4 Å². The second kappa shape index (κ2) is 7.85. The molecule has 0 aromatic heterocycles. The third-order valence-electron chi connectivity index (χ3n) is 3.11. The van der Waals surface area contributed by atoms with Crippen LogP contribution in [0.15, 0.2) is 17.0 Å². The first-order chi connectivity index (χ1) is 9.44. The average Bonchev–Trinajstić information content (AvgIpc) is 2.41. The van der Waals surface area contributed by atoms with Crippen molar-refractivity contribution in [3.8, 4) is 5.75 Å². The molecule has 1 saturated heterocycles. The van der Waals surface area contributed by atoms with E-state index < -0.39 is 10.0 Å². The van der Waals surface area contributed by atoms with E-state index in [-0.39, 0.29) is 33.4 Å². The number of methoxy groups -OCH3 is 1. The highest BCUT2D eigenvalue weighted by Gasteiger charge is 2.25. The van der Waals surface area contributed by atoms with Crippen molar-refractivity contribution in [2.24, 2.45) is 0 Å². The van der Waals surface area contributed by atoms with E-state index in [9.17, 15) is 8.42 Å². The van der Waals surface area contributed by atoms with Crippen molar-refractivity contribution in [1.82, 2.24) is 10.0 Å². The zero-order valence-electron chi connectivity index (χ0n) is 11.4. The summed E-state index contributed by atoms with van der Waals surface area (Å²) < 4.78 is 32.3. The Morgan fingerprint density at radius 2 is 2.05 bits per heavy atom. The van der Waals surface area contributed by atoms with E-state index in [1.807, 2.05) is 0 Å². The molecule has 0 amide bonds. The van der Waals surface area contributed by atoms with Crippen molar-refractivity contribution in [3.05, 3.63) is 22.2 Å². The monoisotopic (exact) mass is 374 g/mol. The summed E-state index contributed by atoms with van der Waals surface area (Å²) in [5, 5.41) is 3.44. The van der Waals surface area contributed by atoms with Gasteiger partial charge in [0, 0.05) is 18.7 Å². The van der Waals surface area contributed by atoms with Crippen LogP contribution in [0.1, 0.15) is 12.8 Å². The van der Waals surface area contributed by atoms with Crippen LogP contribution < -0.4 is 14.8 Å². The molecule has 5 nitrogen and oxygen atoms in total. The van der Waals surface area contributed by atoms with Crippen molar-refractivity contribution in [2.75, 3.05) is 20.2 Å². The first-order valence-electron chi connectivity index (χ1n) is 6.20. The van der Waals surface area contributed by atoms with Crippen LogP contribution in [0.3, 0.4) is 0 Å². The van der Waals surface area contributed by atoms with Crippen LogP contribution in [0.2, 0.25) is 10.0 Å². The van der Waals surface area contributed by atoms with Crippen molar-refractivity contribution in [1.29, 1.82) is 0 Å². The third kappa shape index (κ3) is 4.61. The Balaban J connectivity index is 0.00000220. The first-order valence-corrected chi connectivity index (χ1v) is 8.44. The maximum Gasteiger partial charge on any atom is 0.242 e. The molecule has 0 bridgehead atoms. The first kappa shape index (κ1) is 18.8. The lowest BCUT2D eigenvalue weighted by Crippen LogP contribution is -2.45. The minimum atomic E-state index is -3.70. The Morgan fingerprint density at radius 1 is 1.33 bits per heavy atom. The van der Waals surface area contributed by atoms with Gasteiger partial charge in [0.15, 0.2) is 0 Å². The third-order valence-corrected chi connectivity index (χ3v) is 5.40. The van der Waals surface area contributed by atoms with Gasteiger partial charge in [0.1, 0.15) is 10.6 Å². The van der Waals surface area contributed by atoms with E-state index in [0.29, 0.717) is 12.3 Å². The Morgan fingerprint density at radius 3 is 2.62 bits per heavy atom. The van der Waals surface area contributed by atoms with Crippen LogP contribution in [-0.4, -0.2) is 34.7 Å². The molecule has 21 heavy (non-hydrogen) atoms. The standard InChI is InChI=1S/C12H16Cl2N2O3S.ClH/c1-19-11-5-10(14)12(6-9(11)13)20(17,18)16-8-3-2-4-15-7-8;/h5-6,8,15-16H,2-4,7H2,1H3;1H. The zero-order valence-corrected chi connectivity index (χ0v) is 14.5.